The molecule has 3 aliphatic rings. The summed E-state index contributed by atoms with van der Waals surface area (Å²) in [5.74, 6) is 0.434. The zero-order valence-corrected chi connectivity index (χ0v) is 41.1. The fourth-order valence-electron chi connectivity index (χ4n) is 8.47. The molecule has 3 fully saturated rings. The second kappa shape index (κ2) is 31.0. The van der Waals surface area contributed by atoms with Gasteiger partial charge in [-0.25, -0.2) is 0 Å². The molecule has 0 aliphatic carbocycles. The van der Waals surface area contributed by atoms with Crippen molar-refractivity contribution in [3.63, 3.8) is 0 Å². The molecule has 0 spiro atoms. The number of nitrogens with zero attached hydrogens (tertiary/aromatic N) is 6. The van der Waals surface area contributed by atoms with Crippen LogP contribution in [0.4, 0.5) is 0 Å². The molecule has 4 rings (SSSR count). The number of hydrogen-bond donors (Lipinski definition) is 8. The second-order valence-electron chi connectivity index (χ2n) is 17.4. The largest absolute Gasteiger partial charge is 0.481 e. The number of aromatic nitrogens is 1. The topological polar surface area (TPSA) is 295 Å². The molecule has 3 aliphatic heterocycles. The summed E-state index contributed by atoms with van der Waals surface area (Å²) in [6, 6.07) is -0.00290. The summed E-state index contributed by atoms with van der Waals surface area (Å²) in [6.45, 7) is 5.25. The van der Waals surface area contributed by atoms with Crippen molar-refractivity contribution in [3.05, 3.63) is 29.6 Å². The van der Waals surface area contributed by atoms with Crippen molar-refractivity contribution < 1.29 is 98.7 Å². The van der Waals surface area contributed by atoms with Gasteiger partial charge in [-0.1, -0.05) is 11.8 Å². The fourth-order valence-corrected chi connectivity index (χ4v) is 8.47. The van der Waals surface area contributed by atoms with E-state index >= 15 is 0 Å². The van der Waals surface area contributed by atoms with Gasteiger partial charge in [0.1, 0.15) is 0 Å². The molecule has 0 radical (unpaired) electrons. The number of aliphatic carboxylic acids is 4. The second-order valence-corrected chi connectivity index (χ2v) is 17.4. The minimum Gasteiger partial charge on any atom is -0.481 e. The molecule has 1 aromatic heterocycles. The molecule has 22 nitrogen and oxygen atoms in total. The van der Waals surface area contributed by atoms with Crippen molar-refractivity contribution >= 4 is 47.5 Å². The van der Waals surface area contributed by atoms with Gasteiger partial charge in [-0.2, -0.15) is 0 Å². The third-order valence-corrected chi connectivity index (χ3v) is 12.3. The van der Waals surface area contributed by atoms with Crippen LogP contribution in [0.5, 0.6) is 0 Å². The first kappa shape index (κ1) is 57.9. The number of hydrogen-bond acceptors (Lipinski definition) is 14. The smallest absolute Gasteiger partial charge is 0.317 e. The summed E-state index contributed by atoms with van der Waals surface area (Å²) >= 11 is 0. The van der Waals surface area contributed by atoms with Crippen LogP contribution >= 0.6 is 0 Å². The van der Waals surface area contributed by atoms with E-state index in [2.05, 4.69) is 38.1 Å². The predicted octanol–water partition coefficient (Wildman–Crippen LogP) is -1.43. The Morgan fingerprint density at radius 3 is 1.94 bits per heavy atom. The van der Waals surface area contributed by atoms with Gasteiger partial charge in [0.25, 0.3) is 0 Å². The predicted molar refractivity (Wildman–Crippen MR) is 242 cm³/mol. The first-order valence-corrected chi connectivity index (χ1v) is 23.1. The number of carboxylic acid groups (broad SMARTS) is 4. The summed E-state index contributed by atoms with van der Waals surface area (Å²) in [7, 11) is 0. The van der Waals surface area contributed by atoms with E-state index in [1.807, 2.05) is 0 Å². The van der Waals surface area contributed by atoms with E-state index in [4.69, 9.17) is 0 Å². The Hall–Kier alpha value is -4.41. The Balaban J connectivity index is 0.0000122. The number of carboxylic acids is 4. The zero-order valence-electron chi connectivity index (χ0n) is 38.8. The first-order chi connectivity index (χ1) is 32.1. The number of carbonyl (C=O) groups is 8. The molecule has 4 heterocycles. The van der Waals surface area contributed by atoms with Gasteiger partial charge < -0.3 is 46.6 Å². The summed E-state index contributed by atoms with van der Waals surface area (Å²) in [5.41, 5.74) is 0.927. The number of pyridine rings is 1. The first-order valence-electron chi connectivity index (χ1n) is 23.1. The molecular formula is C45H68GdN10O12. The van der Waals surface area contributed by atoms with E-state index in [0.29, 0.717) is 42.9 Å². The minimum atomic E-state index is -1.11. The molecule has 4 amide bonds. The van der Waals surface area contributed by atoms with Crippen LogP contribution in [0.2, 0.25) is 0 Å². The zero-order chi connectivity index (χ0) is 48.7. The van der Waals surface area contributed by atoms with Gasteiger partial charge in [0, 0.05) is 143 Å². The van der Waals surface area contributed by atoms with Crippen LogP contribution in [0.25, 0.3) is 0 Å². The number of likely N-dealkylation sites (tertiary alicyclic amines) is 1. The van der Waals surface area contributed by atoms with Gasteiger partial charge in [0.2, 0.25) is 23.6 Å². The number of rotatable bonds is 20. The molecule has 3 saturated heterocycles. The maximum absolute atomic E-state index is 13.5. The van der Waals surface area contributed by atoms with Gasteiger partial charge >= 0.3 is 23.9 Å². The Labute approximate surface area is 429 Å². The number of amides is 4. The summed E-state index contributed by atoms with van der Waals surface area (Å²) in [5, 5.41) is 49.6. The molecule has 23 heteroatoms. The molecular weight excluding hydrogens is 1030 g/mol. The molecule has 0 bridgehead atoms. The van der Waals surface area contributed by atoms with Gasteiger partial charge in [-0.05, 0) is 69.7 Å². The third kappa shape index (κ3) is 21.9. The average molecular weight is 1100 g/mol. The molecule has 8 N–H and O–H groups in total. The van der Waals surface area contributed by atoms with E-state index in [0.717, 1.165) is 32.4 Å². The fraction of sp³-hybridized carbons (Fsp3) is 0.667. The Morgan fingerprint density at radius 1 is 0.779 bits per heavy atom. The van der Waals surface area contributed by atoms with E-state index in [-0.39, 0.29) is 156 Å². The third-order valence-electron chi connectivity index (χ3n) is 12.3. The van der Waals surface area contributed by atoms with Crippen LogP contribution in [0.1, 0.15) is 75.5 Å². The van der Waals surface area contributed by atoms with Gasteiger partial charge in [0.05, 0.1) is 50.6 Å². The number of piperidine rings is 2. The molecule has 0 unspecified atom stereocenters. The van der Waals surface area contributed by atoms with Crippen molar-refractivity contribution in [2.24, 2.45) is 11.8 Å². The van der Waals surface area contributed by atoms with Crippen molar-refractivity contribution in [2.45, 2.75) is 70.4 Å². The standard InChI is InChI=1S/C45H68N10O12.Gd/c1-32(54-21-19-52(30-42(62)63)17-15-51(29-41(60)61)16-18-53(20-22-54)31-43(64)65)44(66)49-27-38(56)48-11-3-2-5-34-23-36(26-47-25-34)37(24-40(58)59)50-45(67)35-6-4-14-55(28-35)39(57)8-7-33-9-12-46-13-10-33;/h23,25-26,32-33,35,37,46H,3-4,6-22,24,27-31H2,1H3,(H,48,56)(H,49,66)(H,50,67)(H,58,59)(H,60,61)(H,62,63)(H,64,65);/t32-,35+,37-;/m0./s1. The van der Waals surface area contributed by atoms with E-state index in [1.165, 1.54) is 12.4 Å². The summed E-state index contributed by atoms with van der Waals surface area (Å²) < 4.78 is 0. The van der Waals surface area contributed by atoms with Crippen LogP contribution < -0.4 is 21.3 Å². The van der Waals surface area contributed by atoms with E-state index in [1.54, 1.807) is 37.5 Å². The Bertz CT molecular complexity index is 1900. The van der Waals surface area contributed by atoms with Crippen LogP contribution in [-0.2, 0) is 38.4 Å². The average Bonchev–Trinajstić information content (AvgIpc) is 3.29. The van der Waals surface area contributed by atoms with Crippen molar-refractivity contribution in [1.29, 1.82) is 0 Å². The molecule has 68 heavy (non-hydrogen) atoms. The molecule has 0 aromatic carbocycles. The Kier molecular flexibility index (Phi) is 26.4. The van der Waals surface area contributed by atoms with Crippen molar-refractivity contribution in [2.75, 3.05) is 111 Å². The quantitative estimate of drug-likeness (QED) is 0.0549. The van der Waals surface area contributed by atoms with Crippen LogP contribution in [0, 0.1) is 63.6 Å². The van der Waals surface area contributed by atoms with Crippen LogP contribution in [0.3, 0.4) is 0 Å². The molecule has 1 aromatic rings. The SMILES string of the molecule is C[C@@H](C(=O)NCC(=O)NCCC#Cc1cncc([C@H](CC(=O)O)NC(=O)[C@@H]2CCCN(C(=O)CCC3CCNCC3)C2)c1)N1CCN(CC(=O)O)CCN(CC(=O)O)CCN(CC(=O)O)CC1.[Gd]. The normalized spacial score (nSPS) is 19.2. The molecule has 0 saturated carbocycles. The van der Waals surface area contributed by atoms with Gasteiger partial charge in [-0.15, -0.1) is 0 Å². The van der Waals surface area contributed by atoms with E-state index in [9.17, 15) is 58.8 Å². The number of carbonyl (C=O) groups excluding carboxylic acids is 4. The van der Waals surface area contributed by atoms with Gasteiger partial charge in [0.15, 0.2) is 0 Å². The summed E-state index contributed by atoms with van der Waals surface area (Å²) in [6.07, 6.45) is 7.48. The van der Waals surface area contributed by atoms with E-state index < -0.39 is 53.7 Å². The molecule has 3 atom stereocenters. The molecule has 378 valence electrons. The Morgan fingerprint density at radius 2 is 1.37 bits per heavy atom. The maximum atomic E-state index is 13.5. The van der Waals surface area contributed by atoms with Crippen molar-refractivity contribution in [3.8, 4) is 11.8 Å². The monoisotopic (exact) mass is 1100 g/mol. The summed E-state index contributed by atoms with van der Waals surface area (Å²) in [4.78, 5) is 112. The van der Waals surface area contributed by atoms with Gasteiger partial charge in [-0.3, -0.25) is 62.9 Å². The van der Waals surface area contributed by atoms with Crippen molar-refractivity contribution in [1.82, 2.24) is 50.8 Å². The maximum Gasteiger partial charge on any atom is 0.317 e. The van der Waals surface area contributed by atoms with Crippen LogP contribution in [-0.4, -0.2) is 215 Å². The number of nitrogens with one attached hydrogen (secondary N) is 4. The van der Waals surface area contributed by atoms with Crippen LogP contribution in [0.15, 0.2) is 18.5 Å². The minimum absolute atomic E-state index is 0.